The Hall–Kier alpha value is -3.54. The van der Waals surface area contributed by atoms with E-state index in [2.05, 4.69) is 0 Å². The highest BCUT2D eigenvalue weighted by atomic mass is 16.5. The van der Waals surface area contributed by atoms with Crippen molar-refractivity contribution in [3.8, 4) is 0 Å². The number of rotatable bonds is 6. The minimum Gasteiger partial charge on any atom is -0.507 e. The van der Waals surface area contributed by atoms with Crippen LogP contribution in [-0.2, 0) is 19.1 Å². The molecule has 0 unspecified atom stereocenters. The maximum atomic E-state index is 12.8. The largest absolute Gasteiger partial charge is 0.507 e. The number of fused-ring (bicyclic) bond motifs is 1. The van der Waals surface area contributed by atoms with E-state index in [-0.39, 0.29) is 29.1 Å². The number of ether oxygens (including phenoxy) is 1. The molecule has 0 bridgehead atoms. The molecule has 1 atom stereocenters. The summed E-state index contributed by atoms with van der Waals surface area (Å²) in [7, 11) is 0. The van der Waals surface area contributed by atoms with Gasteiger partial charge in [-0.3, -0.25) is 14.4 Å². The standard InChI is InChI=1S/C22H18O6/c1-2-28-22(27)17(23)12-16(13-8-4-3-5-9-13)18-19(24)14-10-6-7-11-15(14)20(25)21(18)26/h3-11,16,24H,2,12H2,1H3/t16-/m0/s1. The molecule has 0 radical (unpaired) electrons. The van der Waals surface area contributed by atoms with Gasteiger partial charge in [-0.05, 0) is 12.5 Å². The molecular weight excluding hydrogens is 360 g/mol. The third kappa shape index (κ3) is 3.49. The number of carbonyl (C=O) groups excluding carboxylic acids is 4. The van der Waals surface area contributed by atoms with Gasteiger partial charge in [-0.2, -0.15) is 0 Å². The van der Waals surface area contributed by atoms with Gasteiger partial charge in [0.1, 0.15) is 5.76 Å². The fourth-order valence-corrected chi connectivity index (χ4v) is 3.26. The quantitative estimate of drug-likeness (QED) is 0.613. The van der Waals surface area contributed by atoms with Crippen molar-refractivity contribution in [2.75, 3.05) is 6.61 Å². The molecule has 1 N–H and O–H groups in total. The smallest absolute Gasteiger partial charge is 0.374 e. The minimum atomic E-state index is -1.02. The van der Waals surface area contributed by atoms with E-state index in [0.717, 1.165) is 0 Å². The molecule has 3 rings (SSSR count). The number of benzene rings is 2. The van der Waals surface area contributed by atoms with Gasteiger partial charge >= 0.3 is 5.97 Å². The van der Waals surface area contributed by atoms with E-state index in [1.165, 1.54) is 12.1 Å². The van der Waals surface area contributed by atoms with Crippen molar-refractivity contribution in [2.24, 2.45) is 0 Å². The number of allylic oxidation sites excluding steroid dienone is 1. The monoisotopic (exact) mass is 378 g/mol. The van der Waals surface area contributed by atoms with Crippen molar-refractivity contribution in [1.29, 1.82) is 0 Å². The molecule has 1 aliphatic carbocycles. The summed E-state index contributed by atoms with van der Waals surface area (Å²) in [5.41, 5.74) is 0.679. The van der Waals surface area contributed by atoms with Crippen LogP contribution in [0.2, 0.25) is 0 Å². The SMILES string of the molecule is CCOC(=O)C(=O)C[C@H](C1=C(O)c2ccccc2C(=O)C1=O)c1ccccc1. The summed E-state index contributed by atoms with van der Waals surface area (Å²) < 4.78 is 4.74. The first-order valence-corrected chi connectivity index (χ1v) is 8.82. The first-order valence-electron chi connectivity index (χ1n) is 8.82. The van der Waals surface area contributed by atoms with Gasteiger partial charge in [-0.15, -0.1) is 0 Å². The predicted octanol–water partition coefficient (Wildman–Crippen LogP) is 3.03. The van der Waals surface area contributed by atoms with Crippen molar-refractivity contribution >= 4 is 29.1 Å². The van der Waals surface area contributed by atoms with Gasteiger partial charge in [0.25, 0.3) is 0 Å². The lowest BCUT2D eigenvalue weighted by molar-refractivity contribution is -0.153. The Bertz CT molecular complexity index is 987. The number of Topliss-reactive ketones (excluding diaryl/α,β-unsaturated/α-hetero) is 3. The van der Waals surface area contributed by atoms with E-state index < -0.39 is 35.7 Å². The van der Waals surface area contributed by atoms with Crippen molar-refractivity contribution < 1.29 is 29.0 Å². The van der Waals surface area contributed by atoms with Crippen molar-refractivity contribution in [2.45, 2.75) is 19.3 Å². The molecule has 28 heavy (non-hydrogen) atoms. The highest BCUT2D eigenvalue weighted by Crippen LogP contribution is 2.38. The van der Waals surface area contributed by atoms with Crippen LogP contribution in [0, 0.1) is 0 Å². The number of ketones is 3. The van der Waals surface area contributed by atoms with E-state index in [4.69, 9.17) is 4.74 Å². The van der Waals surface area contributed by atoms with Crippen LogP contribution >= 0.6 is 0 Å². The second-order valence-corrected chi connectivity index (χ2v) is 6.28. The second-order valence-electron chi connectivity index (χ2n) is 6.28. The van der Waals surface area contributed by atoms with Crippen LogP contribution in [0.25, 0.3) is 5.76 Å². The average molecular weight is 378 g/mol. The lowest BCUT2D eigenvalue weighted by Crippen LogP contribution is -2.29. The van der Waals surface area contributed by atoms with Gasteiger partial charge in [0, 0.05) is 23.5 Å². The zero-order valence-electron chi connectivity index (χ0n) is 15.2. The number of carbonyl (C=O) groups is 4. The number of aliphatic hydroxyl groups excluding tert-OH is 1. The molecular formula is C22H18O6. The van der Waals surface area contributed by atoms with Gasteiger partial charge in [-0.25, -0.2) is 4.79 Å². The topological polar surface area (TPSA) is 97.7 Å². The highest BCUT2D eigenvalue weighted by molar-refractivity contribution is 6.52. The lowest BCUT2D eigenvalue weighted by Gasteiger charge is -2.24. The van der Waals surface area contributed by atoms with Gasteiger partial charge in [0.2, 0.25) is 17.3 Å². The predicted molar refractivity (Wildman–Crippen MR) is 101 cm³/mol. The molecule has 0 fully saturated rings. The van der Waals surface area contributed by atoms with Crippen LogP contribution in [0.15, 0.2) is 60.2 Å². The van der Waals surface area contributed by atoms with E-state index in [1.54, 1.807) is 49.4 Å². The summed E-state index contributed by atoms with van der Waals surface area (Å²) in [5.74, 6) is -4.81. The molecule has 0 saturated carbocycles. The fraction of sp³-hybridized carbons (Fsp3) is 0.182. The zero-order chi connectivity index (χ0) is 20.3. The third-order valence-corrected chi connectivity index (χ3v) is 4.58. The van der Waals surface area contributed by atoms with Gasteiger partial charge in [0.05, 0.1) is 12.2 Å². The fourth-order valence-electron chi connectivity index (χ4n) is 3.26. The molecule has 6 heteroatoms. The van der Waals surface area contributed by atoms with Crippen molar-refractivity contribution in [3.63, 3.8) is 0 Å². The molecule has 0 heterocycles. The molecule has 0 spiro atoms. The zero-order valence-corrected chi connectivity index (χ0v) is 15.2. The number of hydrogen-bond donors (Lipinski definition) is 1. The molecule has 0 aromatic heterocycles. The first-order chi connectivity index (χ1) is 13.5. The summed E-state index contributed by atoms with van der Waals surface area (Å²) in [5, 5.41) is 10.8. The molecule has 6 nitrogen and oxygen atoms in total. The molecule has 2 aromatic carbocycles. The van der Waals surface area contributed by atoms with Gasteiger partial charge in [0.15, 0.2) is 0 Å². The highest BCUT2D eigenvalue weighted by Gasteiger charge is 2.38. The van der Waals surface area contributed by atoms with Crippen molar-refractivity contribution in [3.05, 3.63) is 76.9 Å². The summed E-state index contributed by atoms with van der Waals surface area (Å²) in [6.45, 7) is 1.62. The van der Waals surface area contributed by atoms with Crippen LogP contribution in [0.4, 0.5) is 0 Å². The summed E-state index contributed by atoms with van der Waals surface area (Å²) in [6, 6.07) is 14.7. The Morgan fingerprint density at radius 3 is 2.18 bits per heavy atom. The van der Waals surface area contributed by atoms with E-state index in [0.29, 0.717) is 5.56 Å². The Morgan fingerprint density at radius 2 is 1.54 bits per heavy atom. The van der Waals surface area contributed by atoms with E-state index >= 15 is 0 Å². The maximum absolute atomic E-state index is 12.8. The third-order valence-electron chi connectivity index (χ3n) is 4.58. The molecule has 0 amide bonds. The Morgan fingerprint density at radius 1 is 0.929 bits per heavy atom. The normalized spacial score (nSPS) is 14.5. The molecule has 1 aliphatic rings. The lowest BCUT2D eigenvalue weighted by atomic mass is 9.77. The van der Waals surface area contributed by atoms with E-state index in [9.17, 15) is 24.3 Å². The Balaban J connectivity index is 2.12. The summed E-state index contributed by atoms with van der Waals surface area (Å²) in [4.78, 5) is 49.5. The number of esters is 1. The van der Waals surface area contributed by atoms with Crippen LogP contribution in [0.3, 0.4) is 0 Å². The summed E-state index contributed by atoms with van der Waals surface area (Å²) >= 11 is 0. The summed E-state index contributed by atoms with van der Waals surface area (Å²) in [6.07, 6.45) is -0.399. The second kappa shape index (κ2) is 8.00. The number of aliphatic hydroxyl groups is 1. The Kier molecular flexibility index (Phi) is 5.49. The van der Waals surface area contributed by atoms with Crippen LogP contribution in [-0.4, -0.2) is 35.0 Å². The van der Waals surface area contributed by atoms with Crippen molar-refractivity contribution in [1.82, 2.24) is 0 Å². The average Bonchev–Trinajstić information content (AvgIpc) is 2.72. The molecule has 2 aromatic rings. The molecule has 0 saturated heterocycles. The first kappa shape index (κ1) is 19.2. The minimum absolute atomic E-state index is 0.0410. The maximum Gasteiger partial charge on any atom is 0.374 e. The van der Waals surface area contributed by atoms with E-state index in [1.807, 2.05) is 0 Å². The van der Waals surface area contributed by atoms with Crippen LogP contribution in [0.5, 0.6) is 0 Å². The van der Waals surface area contributed by atoms with Gasteiger partial charge < -0.3 is 9.84 Å². The number of hydrogen-bond acceptors (Lipinski definition) is 6. The van der Waals surface area contributed by atoms with Gasteiger partial charge in [-0.1, -0.05) is 54.6 Å². The van der Waals surface area contributed by atoms with Crippen LogP contribution in [0.1, 0.15) is 40.7 Å². The molecule has 142 valence electrons. The Labute approximate surface area is 161 Å². The molecule has 0 aliphatic heterocycles. The van der Waals surface area contributed by atoms with Crippen LogP contribution < -0.4 is 0 Å².